The molecule has 0 aliphatic heterocycles. The zero-order chi connectivity index (χ0) is 9.35. The summed E-state index contributed by atoms with van der Waals surface area (Å²) in [7, 11) is 0. The van der Waals surface area contributed by atoms with E-state index in [4.69, 9.17) is 5.73 Å². The van der Waals surface area contributed by atoms with E-state index in [1.165, 1.54) is 19.3 Å². The third-order valence-electron chi connectivity index (χ3n) is 3.44. The van der Waals surface area contributed by atoms with Gasteiger partial charge in [-0.25, -0.2) is 0 Å². The lowest BCUT2D eigenvalue weighted by Gasteiger charge is -2.27. The molecule has 1 heteroatoms. The van der Waals surface area contributed by atoms with Gasteiger partial charge >= 0.3 is 0 Å². The van der Waals surface area contributed by atoms with Crippen LogP contribution >= 0.6 is 0 Å². The zero-order valence-electron chi connectivity index (χ0n) is 8.93. The van der Waals surface area contributed by atoms with Crippen molar-refractivity contribution in [2.75, 3.05) is 0 Å². The summed E-state index contributed by atoms with van der Waals surface area (Å²) in [5.41, 5.74) is 6.39. The van der Waals surface area contributed by atoms with E-state index in [2.05, 4.69) is 27.7 Å². The minimum absolute atomic E-state index is 0.400. The van der Waals surface area contributed by atoms with E-state index in [0.717, 1.165) is 11.8 Å². The van der Waals surface area contributed by atoms with Gasteiger partial charge in [0.15, 0.2) is 0 Å². The van der Waals surface area contributed by atoms with E-state index in [9.17, 15) is 0 Å². The molecule has 72 valence electrons. The van der Waals surface area contributed by atoms with E-state index in [0.29, 0.717) is 11.5 Å². The first-order chi connectivity index (χ1) is 5.41. The van der Waals surface area contributed by atoms with Gasteiger partial charge in [0.2, 0.25) is 0 Å². The predicted molar refractivity (Wildman–Crippen MR) is 53.9 cm³/mol. The molecule has 2 N–H and O–H groups in total. The van der Waals surface area contributed by atoms with Crippen LogP contribution in [-0.4, -0.2) is 6.04 Å². The van der Waals surface area contributed by atoms with Crippen molar-refractivity contribution in [1.29, 1.82) is 0 Å². The molecule has 0 heterocycles. The Labute approximate surface area is 76.7 Å². The Kier molecular flexibility index (Phi) is 2.82. The van der Waals surface area contributed by atoms with Gasteiger partial charge in [-0.05, 0) is 43.4 Å². The second-order valence-electron chi connectivity index (χ2n) is 5.50. The fourth-order valence-electron chi connectivity index (χ4n) is 2.28. The van der Waals surface area contributed by atoms with E-state index in [1.54, 1.807) is 0 Å². The average Bonchev–Trinajstić information content (AvgIpc) is 2.30. The van der Waals surface area contributed by atoms with Gasteiger partial charge in [-0.2, -0.15) is 0 Å². The summed E-state index contributed by atoms with van der Waals surface area (Å²) in [5.74, 6) is 1.68. The SMILES string of the molecule is CC(N)C1CCC(C(C)(C)C)C1. The fourth-order valence-corrected chi connectivity index (χ4v) is 2.28. The molecular weight excluding hydrogens is 146 g/mol. The lowest BCUT2D eigenvalue weighted by molar-refractivity contribution is 0.236. The number of hydrogen-bond acceptors (Lipinski definition) is 1. The van der Waals surface area contributed by atoms with Crippen molar-refractivity contribution >= 4 is 0 Å². The van der Waals surface area contributed by atoms with Crippen molar-refractivity contribution in [2.45, 2.75) is 53.0 Å². The molecule has 1 fully saturated rings. The summed E-state index contributed by atoms with van der Waals surface area (Å²) in [4.78, 5) is 0. The van der Waals surface area contributed by atoms with Crippen molar-refractivity contribution in [1.82, 2.24) is 0 Å². The van der Waals surface area contributed by atoms with Crippen LogP contribution in [0.4, 0.5) is 0 Å². The number of rotatable bonds is 1. The molecular formula is C11H23N. The summed E-state index contributed by atoms with van der Waals surface area (Å²) in [6.07, 6.45) is 4.08. The van der Waals surface area contributed by atoms with Crippen LogP contribution in [0.25, 0.3) is 0 Å². The van der Waals surface area contributed by atoms with E-state index in [1.807, 2.05) is 0 Å². The first kappa shape index (κ1) is 10.0. The van der Waals surface area contributed by atoms with Crippen molar-refractivity contribution in [3.8, 4) is 0 Å². The largest absolute Gasteiger partial charge is 0.328 e. The Morgan fingerprint density at radius 1 is 1.25 bits per heavy atom. The van der Waals surface area contributed by atoms with Crippen LogP contribution in [0, 0.1) is 17.3 Å². The van der Waals surface area contributed by atoms with Crippen LogP contribution in [0.5, 0.6) is 0 Å². The van der Waals surface area contributed by atoms with E-state index in [-0.39, 0.29) is 0 Å². The Balaban J connectivity index is 2.46. The van der Waals surface area contributed by atoms with Gasteiger partial charge in [-0.15, -0.1) is 0 Å². The maximum absolute atomic E-state index is 5.90. The second-order valence-corrected chi connectivity index (χ2v) is 5.50. The van der Waals surface area contributed by atoms with Crippen LogP contribution in [-0.2, 0) is 0 Å². The molecule has 1 rings (SSSR count). The zero-order valence-corrected chi connectivity index (χ0v) is 8.93. The molecule has 0 radical (unpaired) electrons. The molecule has 0 aromatic carbocycles. The van der Waals surface area contributed by atoms with Gasteiger partial charge in [0.25, 0.3) is 0 Å². The van der Waals surface area contributed by atoms with Crippen LogP contribution in [0.3, 0.4) is 0 Å². The Morgan fingerprint density at radius 2 is 1.83 bits per heavy atom. The van der Waals surface area contributed by atoms with Crippen molar-refractivity contribution in [3.63, 3.8) is 0 Å². The molecule has 0 aromatic rings. The smallest absolute Gasteiger partial charge is 0.00388 e. The predicted octanol–water partition coefficient (Wildman–Crippen LogP) is 2.80. The van der Waals surface area contributed by atoms with Gasteiger partial charge in [0.1, 0.15) is 0 Å². The second kappa shape index (κ2) is 3.37. The maximum Gasteiger partial charge on any atom is 0.00388 e. The monoisotopic (exact) mass is 169 g/mol. The van der Waals surface area contributed by atoms with Crippen molar-refractivity contribution < 1.29 is 0 Å². The lowest BCUT2D eigenvalue weighted by Crippen LogP contribution is -2.25. The molecule has 3 unspecified atom stereocenters. The molecule has 1 aliphatic carbocycles. The Hall–Kier alpha value is -0.0400. The minimum Gasteiger partial charge on any atom is -0.328 e. The quantitative estimate of drug-likeness (QED) is 0.642. The van der Waals surface area contributed by atoms with Gasteiger partial charge in [-0.1, -0.05) is 20.8 Å². The first-order valence-corrected chi connectivity index (χ1v) is 5.17. The van der Waals surface area contributed by atoms with Gasteiger partial charge < -0.3 is 5.73 Å². The number of hydrogen-bond donors (Lipinski definition) is 1. The summed E-state index contributed by atoms with van der Waals surface area (Å²) < 4.78 is 0. The molecule has 0 spiro atoms. The fraction of sp³-hybridized carbons (Fsp3) is 1.00. The summed E-state index contributed by atoms with van der Waals surface area (Å²) in [6, 6.07) is 0.400. The lowest BCUT2D eigenvalue weighted by atomic mass is 9.79. The highest BCUT2D eigenvalue weighted by Gasteiger charge is 2.33. The molecule has 0 saturated heterocycles. The van der Waals surface area contributed by atoms with Gasteiger partial charge in [0.05, 0.1) is 0 Å². The molecule has 1 saturated carbocycles. The van der Waals surface area contributed by atoms with Gasteiger partial charge in [0, 0.05) is 6.04 Å². The first-order valence-electron chi connectivity index (χ1n) is 5.17. The van der Waals surface area contributed by atoms with E-state index < -0.39 is 0 Å². The summed E-state index contributed by atoms with van der Waals surface area (Å²) in [6.45, 7) is 9.19. The Morgan fingerprint density at radius 3 is 2.08 bits per heavy atom. The molecule has 3 atom stereocenters. The summed E-state index contributed by atoms with van der Waals surface area (Å²) in [5, 5.41) is 0. The third-order valence-corrected chi connectivity index (χ3v) is 3.44. The standard InChI is InChI=1S/C11H23N/c1-8(12)9-5-6-10(7-9)11(2,3)4/h8-10H,5-7,12H2,1-4H3. The molecule has 0 amide bonds. The normalized spacial score (nSPS) is 33.8. The van der Waals surface area contributed by atoms with Gasteiger partial charge in [-0.3, -0.25) is 0 Å². The highest BCUT2D eigenvalue weighted by atomic mass is 14.6. The maximum atomic E-state index is 5.90. The minimum atomic E-state index is 0.400. The molecule has 12 heavy (non-hydrogen) atoms. The van der Waals surface area contributed by atoms with Crippen LogP contribution in [0.15, 0.2) is 0 Å². The molecule has 1 nitrogen and oxygen atoms in total. The van der Waals surface area contributed by atoms with Crippen LogP contribution in [0.1, 0.15) is 47.0 Å². The van der Waals surface area contributed by atoms with Crippen LogP contribution in [0.2, 0.25) is 0 Å². The third kappa shape index (κ3) is 2.22. The van der Waals surface area contributed by atoms with Crippen LogP contribution < -0.4 is 5.73 Å². The van der Waals surface area contributed by atoms with Crippen molar-refractivity contribution in [3.05, 3.63) is 0 Å². The molecule has 0 aromatic heterocycles. The topological polar surface area (TPSA) is 26.0 Å². The highest BCUT2D eigenvalue weighted by molar-refractivity contribution is 4.86. The van der Waals surface area contributed by atoms with Crippen molar-refractivity contribution in [2.24, 2.45) is 23.0 Å². The number of nitrogens with two attached hydrogens (primary N) is 1. The summed E-state index contributed by atoms with van der Waals surface area (Å²) >= 11 is 0. The Bertz CT molecular complexity index is 144. The average molecular weight is 169 g/mol. The molecule has 1 aliphatic rings. The van der Waals surface area contributed by atoms with E-state index >= 15 is 0 Å². The molecule has 0 bridgehead atoms. The highest BCUT2D eigenvalue weighted by Crippen LogP contribution is 2.42.